The summed E-state index contributed by atoms with van der Waals surface area (Å²) in [6, 6.07) is 0.223. The van der Waals surface area contributed by atoms with Crippen molar-refractivity contribution < 1.29 is 4.79 Å². The van der Waals surface area contributed by atoms with E-state index in [-0.39, 0.29) is 16.7 Å². The zero-order valence-electron chi connectivity index (χ0n) is 4.80. The lowest BCUT2D eigenvalue weighted by Gasteiger charge is -2.07. The lowest BCUT2D eigenvalue weighted by Crippen LogP contribution is -2.29. The number of hydrogen-bond donors (Lipinski definition) is 2. The highest BCUT2D eigenvalue weighted by Gasteiger charge is 2.30. The molecule has 0 aromatic rings. The molecule has 0 radical (unpaired) electrons. The summed E-state index contributed by atoms with van der Waals surface area (Å²) in [5.74, 6) is 0.941. The summed E-state index contributed by atoms with van der Waals surface area (Å²) in [6.45, 7) is 0.487. The highest BCUT2D eigenvalue weighted by atomic mass is 79.9. The largest absolute Gasteiger partial charge is 0.305 e. The van der Waals surface area contributed by atoms with Crippen molar-refractivity contribution in [3.8, 4) is 0 Å². The monoisotopic (exact) mass is 209 g/mol. The van der Waals surface area contributed by atoms with Crippen LogP contribution in [0.2, 0.25) is 0 Å². The molecule has 52 valence electrons. The fourth-order valence-electron chi connectivity index (χ4n) is 0.814. The maximum atomic E-state index is 10.8. The molecule has 1 aliphatic rings. The van der Waals surface area contributed by atoms with Gasteiger partial charge in [0.25, 0.3) is 0 Å². The number of nitrogens with one attached hydrogen (secondary N) is 1. The molecule has 1 rings (SSSR count). The predicted octanol–water partition coefficient (Wildman–Crippen LogP) is 0.221. The molecular formula is C5H8BrNOS. The molecule has 0 bridgehead atoms. The standard InChI is InChI=1S/C5H8BrNOS/c6-5-3(2-9)7-1-4(5)8/h3,5,7,9H,1-2H2. The summed E-state index contributed by atoms with van der Waals surface area (Å²) in [5.41, 5.74) is 0. The molecule has 0 spiro atoms. The van der Waals surface area contributed by atoms with Crippen LogP contribution in [0, 0.1) is 0 Å². The van der Waals surface area contributed by atoms with Crippen molar-refractivity contribution in [3.05, 3.63) is 0 Å². The zero-order valence-corrected chi connectivity index (χ0v) is 7.28. The van der Waals surface area contributed by atoms with Crippen LogP contribution in [0.5, 0.6) is 0 Å². The van der Waals surface area contributed by atoms with E-state index in [1.807, 2.05) is 0 Å². The van der Waals surface area contributed by atoms with Crippen molar-refractivity contribution >= 4 is 34.3 Å². The Labute approximate surface area is 67.9 Å². The molecule has 1 fully saturated rings. The van der Waals surface area contributed by atoms with Gasteiger partial charge in [-0.1, -0.05) is 15.9 Å². The molecule has 4 heteroatoms. The van der Waals surface area contributed by atoms with Crippen molar-refractivity contribution in [2.45, 2.75) is 10.9 Å². The van der Waals surface area contributed by atoms with Crippen LogP contribution in [-0.4, -0.2) is 28.9 Å². The minimum atomic E-state index is -0.0185. The number of thiol groups is 1. The summed E-state index contributed by atoms with van der Waals surface area (Å²) in [7, 11) is 0. The average molecular weight is 210 g/mol. The minimum Gasteiger partial charge on any atom is -0.305 e. The molecule has 9 heavy (non-hydrogen) atoms. The van der Waals surface area contributed by atoms with Gasteiger partial charge in [-0.25, -0.2) is 0 Å². The number of rotatable bonds is 1. The van der Waals surface area contributed by atoms with Crippen molar-refractivity contribution in [2.75, 3.05) is 12.3 Å². The van der Waals surface area contributed by atoms with Gasteiger partial charge in [-0.15, -0.1) is 0 Å². The van der Waals surface area contributed by atoms with Gasteiger partial charge in [0.15, 0.2) is 5.78 Å². The van der Waals surface area contributed by atoms with Gasteiger partial charge in [-0.05, 0) is 0 Å². The topological polar surface area (TPSA) is 29.1 Å². The Morgan fingerprint density at radius 1 is 1.89 bits per heavy atom. The highest BCUT2D eigenvalue weighted by Crippen LogP contribution is 2.13. The summed E-state index contributed by atoms with van der Waals surface area (Å²) in [4.78, 5) is 10.8. The Morgan fingerprint density at radius 3 is 2.78 bits per heavy atom. The predicted molar refractivity (Wildman–Crippen MR) is 43.4 cm³/mol. The first kappa shape index (κ1) is 7.57. The van der Waals surface area contributed by atoms with E-state index in [1.165, 1.54) is 0 Å². The van der Waals surface area contributed by atoms with Crippen LogP contribution in [0.15, 0.2) is 0 Å². The molecular weight excluding hydrogens is 202 g/mol. The van der Waals surface area contributed by atoms with Gasteiger partial charge in [-0.2, -0.15) is 12.6 Å². The average Bonchev–Trinajstić information content (AvgIpc) is 2.15. The second-order valence-corrected chi connectivity index (χ2v) is 3.39. The van der Waals surface area contributed by atoms with Crippen LogP contribution >= 0.6 is 28.6 Å². The maximum absolute atomic E-state index is 10.8. The number of carbonyl (C=O) groups excluding carboxylic acids is 1. The zero-order chi connectivity index (χ0) is 6.85. The summed E-state index contributed by atoms with van der Waals surface area (Å²) < 4.78 is 0. The van der Waals surface area contributed by atoms with E-state index in [0.717, 1.165) is 0 Å². The van der Waals surface area contributed by atoms with Crippen molar-refractivity contribution in [1.82, 2.24) is 5.32 Å². The Morgan fingerprint density at radius 2 is 2.56 bits per heavy atom. The number of hydrogen-bond acceptors (Lipinski definition) is 3. The van der Waals surface area contributed by atoms with Gasteiger partial charge in [-0.3, -0.25) is 4.79 Å². The number of halogens is 1. The third kappa shape index (κ3) is 1.48. The van der Waals surface area contributed by atoms with Gasteiger partial charge in [0.05, 0.1) is 11.4 Å². The lowest BCUT2D eigenvalue weighted by molar-refractivity contribution is -0.115. The third-order valence-electron chi connectivity index (χ3n) is 1.40. The van der Waals surface area contributed by atoms with E-state index in [4.69, 9.17) is 0 Å². The van der Waals surface area contributed by atoms with Crippen LogP contribution in [0.25, 0.3) is 0 Å². The molecule has 2 atom stereocenters. The lowest BCUT2D eigenvalue weighted by atomic mass is 10.2. The fraction of sp³-hybridized carbons (Fsp3) is 0.800. The van der Waals surface area contributed by atoms with Crippen LogP contribution in [0.3, 0.4) is 0 Å². The number of Topliss-reactive ketones (excluding diaryl/α,β-unsaturated/α-hetero) is 1. The quantitative estimate of drug-likeness (QED) is 0.479. The smallest absolute Gasteiger partial charge is 0.161 e. The number of carbonyl (C=O) groups is 1. The van der Waals surface area contributed by atoms with Crippen LogP contribution in [0.1, 0.15) is 0 Å². The van der Waals surface area contributed by atoms with E-state index >= 15 is 0 Å². The first-order valence-electron chi connectivity index (χ1n) is 2.76. The molecule has 1 heterocycles. The Kier molecular flexibility index (Phi) is 2.55. The Balaban J connectivity index is 2.51. The molecule has 0 aliphatic carbocycles. The molecule has 1 aliphatic heterocycles. The molecule has 0 saturated carbocycles. The van der Waals surface area contributed by atoms with Gasteiger partial charge < -0.3 is 5.32 Å². The molecule has 0 aromatic carbocycles. The van der Waals surface area contributed by atoms with Gasteiger partial charge in [0.1, 0.15) is 0 Å². The normalized spacial score (nSPS) is 35.6. The molecule has 0 amide bonds. The van der Waals surface area contributed by atoms with Gasteiger partial charge in [0.2, 0.25) is 0 Å². The van der Waals surface area contributed by atoms with E-state index in [2.05, 4.69) is 33.9 Å². The van der Waals surface area contributed by atoms with Gasteiger partial charge >= 0.3 is 0 Å². The van der Waals surface area contributed by atoms with E-state index in [0.29, 0.717) is 12.3 Å². The van der Waals surface area contributed by atoms with Crippen LogP contribution in [0.4, 0.5) is 0 Å². The van der Waals surface area contributed by atoms with Crippen molar-refractivity contribution in [2.24, 2.45) is 0 Å². The Bertz CT molecular complexity index is 130. The highest BCUT2D eigenvalue weighted by molar-refractivity contribution is 9.10. The second-order valence-electron chi connectivity index (χ2n) is 2.04. The molecule has 2 unspecified atom stereocenters. The van der Waals surface area contributed by atoms with Crippen molar-refractivity contribution in [1.29, 1.82) is 0 Å². The molecule has 1 N–H and O–H groups in total. The third-order valence-corrected chi connectivity index (χ3v) is 2.94. The number of alkyl halides is 1. The molecule has 1 saturated heterocycles. The minimum absolute atomic E-state index is 0.0185. The van der Waals surface area contributed by atoms with Gasteiger partial charge in [0, 0.05) is 11.8 Å². The molecule has 0 aromatic heterocycles. The van der Waals surface area contributed by atoms with E-state index in [1.54, 1.807) is 0 Å². The number of ketones is 1. The van der Waals surface area contributed by atoms with Crippen molar-refractivity contribution in [3.63, 3.8) is 0 Å². The van der Waals surface area contributed by atoms with E-state index < -0.39 is 0 Å². The Hall–Kier alpha value is 0.460. The second kappa shape index (κ2) is 3.03. The summed E-state index contributed by atoms with van der Waals surface area (Å²) in [6.07, 6.45) is 0. The maximum Gasteiger partial charge on any atom is 0.161 e. The SMILES string of the molecule is O=C1CNC(CS)C1Br. The van der Waals surface area contributed by atoms with Crippen LogP contribution in [-0.2, 0) is 4.79 Å². The fourth-order valence-corrected chi connectivity index (χ4v) is 1.98. The first-order valence-corrected chi connectivity index (χ1v) is 4.31. The van der Waals surface area contributed by atoms with E-state index in [9.17, 15) is 4.79 Å². The molecule has 2 nitrogen and oxygen atoms in total. The van der Waals surface area contributed by atoms with Crippen LogP contribution < -0.4 is 5.32 Å². The summed E-state index contributed by atoms with van der Waals surface area (Å²) in [5, 5.41) is 3.03. The first-order chi connectivity index (χ1) is 4.25. The summed E-state index contributed by atoms with van der Waals surface area (Å²) >= 11 is 7.34.